The second kappa shape index (κ2) is 8.76. The van der Waals surface area contributed by atoms with Crippen molar-refractivity contribution in [1.82, 2.24) is 15.1 Å². The van der Waals surface area contributed by atoms with Crippen LogP contribution in [0.3, 0.4) is 0 Å². The predicted molar refractivity (Wildman–Crippen MR) is 74.5 cm³/mol. The van der Waals surface area contributed by atoms with E-state index < -0.39 is 5.97 Å². The maximum Gasteiger partial charge on any atom is 0.317 e. The number of piperazine rings is 1. The summed E-state index contributed by atoms with van der Waals surface area (Å²) in [6, 6.07) is -0.0865. The second-order valence-corrected chi connectivity index (χ2v) is 5.17. The van der Waals surface area contributed by atoms with Gasteiger partial charge in [-0.3, -0.25) is 9.69 Å². The fourth-order valence-electron chi connectivity index (χ4n) is 2.15. The van der Waals surface area contributed by atoms with E-state index in [4.69, 9.17) is 10.2 Å². The van der Waals surface area contributed by atoms with Crippen LogP contribution >= 0.6 is 0 Å². The lowest BCUT2D eigenvalue weighted by atomic mass is 10.1. The number of amides is 2. The zero-order chi connectivity index (χ0) is 15.0. The van der Waals surface area contributed by atoms with Crippen LogP contribution in [0.15, 0.2) is 0 Å². The summed E-state index contributed by atoms with van der Waals surface area (Å²) >= 11 is 0. The van der Waals surface area contributed by atoms with Gasteiger partial charge in [-0.25, -0.2) is 4.79 Å². The summed E-state index contributed by atoms with van der Waals surface area (Å²) in [7, 11) is 0. The molecule has 1 rings (SSSR count). The van der Waals surface area contributed by atoms with Crippen molar-refractivity contribution in [3.8, 4) is 0 Å². The second-order valence-electron chi connectivity index (χ2n) is 5.17. The average Bonchev–Trinajstić information content (AvgIpc) is 2.44. The summed E-state index contributed by atoms with van der Waals surface area (Å²) in [6.45, 7) is 5.87. The molecule has 20 heavy (non-hydrogen) atoms. The summed E-state index contributed by atoms with van der Waals surface area (Å²) in [4.78, 5) is 26.4. The van der Waals surface area contributed by atoms with Gasteiger partial charge in [-0.05, 0) is 12.8 Å². The minimum atomic E-state index is -0.795. The largest absolute Gasteiger partial charge is 0.481 e. The van der Waals surface area contributed by atoms with E-state index >= 15 is 0 Å². The zero-order valence-corrected chi connectivity index (χ0v) is 12.0. The fraction of sp³-hybridized carbons (Fsp3) is 0.846. The summed E-state index contributed by atoms with van der Waals surface area (Å²) in [5, 5.41) is 20.4. The molecule has 1 aliphatic heterocycles. The quantitative estimate of drug-likeness (QED) is 0.564. The van der Waals surface area contributed by atoms with Crippen molar-refractivity contribution in [2.24, 2.45) is 5.92 Å². The number of nitrogens with one attached hydrogen (secondary N) is 1. The first-order valence-electron chi connectivity index (χ1n) is 7.13. The van der Waals surface area contributed by atoms with Gasteiger partial charge in [0.05, 0.1) is 12.5 Å². The molecule has 7 nitrogen and oxygen atoms in total. The van der Waals surface area contributed by atoms with Crippen LogP contribution in [0.1, 0.15) is 19.8 Å². The third kappa shape index (κ3) is 5.75. The number of urea groups is 1. The minimum Gasteiger partial charge on any atom is -0.481 e. The molecule has 0 spiro atoms. The molecule has 0 aromatic heterocycles. The first-order chi connectivity index (χ1) is 9.54. The van der Waals surface area contributed by atoms with E-state index in [-0.39, 0.29) is 18.6 Å². The molecule has 0 saturated carbocycles. The van der Waals surface area contributed by atoms with Gasteiger partial charge in [-0.2, -0.15) is 0 Å². The van der Waals surface area contributed by atoms with Crippen LogP contribution in [0.4, 0.5) is 4.79 Å². The molecule has 1 unspecified atom stereocenters. The third-order valence-electron chi connectivity index (χ3n) is 3.59. The number of aliphatic hydroxyl groups is 1. The number of nitrogens with zero attached hydrogens (tertiary/aromatic N) is 2. The van der Waals surface area contributed by atoms with Crippen LogP contribution in [-0.4, -0.2) is 77.9 Å². The summed E-state index contributed by atoms with van der Waals surface area (Å²) in [5.41, 5.74) is 0. The Morgan fingerprint density at radius 3 is 2.45 bits per heavy atom. The normalized spacial score (nSPS) is 17.8. The highest BCUT2D eigenvalue weighted by Gasteiger charge is 2.20. The summed E-state index contributed by atoms with van der Waals surface area (Å²) in [6.07, 6.45) is 1.24. The fourth-order valence-corrected chi connectivity index (χ4v) is 2.15. The number of carbonyl (C=O) groups excluding carboxylic acids is 1. The van der Waals surface area contributed by atoms with Crippen LogP contribution in [0, 0.1) is 5.92 Å². The Labute approximate surface area is 119 Å². The first kappa shape index (κ1) is 16.7. The number of β-amino-alcohol motifs (C(OH)–C–C–N with tert-alkyl or cyclic N) is 1. The van der Waals surface area contributed by atoms with Gasteiger partial charge < -0.3 is 20.4 Å². The Balaban J connectivity index is 2.13. The number of carbonyl (C=O) groups is 2. The Morgan fingerprint density at radius 1 is 1.25 bits per heavy atom. The van der Waals surface area contributed by atoms with Crippen molar-refractivity contribution >= 4 is 12.0 Å². The highest BCUT2D eigenvalue weighted by molar-refractivity contribution is 5.74. The van der Waals surface area contributed by atoms with Gasteiger partial charge in [-0.15, -0.1) is 0 Å². The first-order valence-corrected chi connectivity index (χ1v) is 7.13. The van der Waals surface area contributed by atoms with E-state index in [9.17, 15) is 9.59 Å². The maximum absolute atomic E-state index is 11.9. The van der Waals surface area contributed by atoms with Gasteiger partial charge in [0, 0.05) is 39.3 Å². The number of hydrogen-bond acceptors (Lipinski definition) is 4. The Bertz CT molecular complexity index is 317. The Morgan fingerprint density at radius 2 is 1.90 bits per heavy atom. The average molecular weight is 287 g/mol. The highest BCUT2D eigenvalue weighted by atomic mass is 16.4. The van der Waals surface area contributed by atoms with Crippen molar-refractivity contribution in [2.45, 2.75) is 19.8 Å². The molecule has 1 aliphatic rings. The lowest BCUT2D eigenvalue weighted by Crippen LogP contribution is -2.52. The van der Waals surface area contributed by atoms with Crippen molar-refractivity contribution in [2.75, 3.05) is 45.9 Å². The molecule has 0 bridgehead atoms. The van der Waals surface area contributed by atoms with Crippen molar-refractivity contribution in [1.29, 1.82) is 0 Å². The van der Waals surface area contributed by atoms with Crippen molar-refractivity contribution < 1.29 is 19.8 Å². The zero-order valence-electron chi connectivity index (χ0n) is 12.0. The molecule has 1 saturated heterocycles. The maximum atomic E-state index is 11.9. The molecule has 0 radical (unpaired) electrons. The van der Waals surface area contributed by atoms with Crippen LogP contribution < -0.4 is 5.32 Å². The van der Waals surface area contributed by atoms with E-state index in [1.165, 1.54) is 0 Å². The highest BCUT2D eigenvalue weighted by Crippen LogP contribution is 2.05. The van der Waals surface area contributed by atoms with Gasteiger partial charge in [0.1, 0.15) is 0 Å². The van der Waals surface area contributed by atoms with Crippen molar-refractivity contribution in [3.63, 3.8) is 0 Å². The standard InChI is InChI=1S/C13H25N3O4/c1-11(12(18)19)3-2-4-14-13(20)16-7-5-15(6-8-16)9-10-17/h11,17H,2-10H2,1H3,(H,14,20)(H,18,19). The topological polar surface area (TPSA) is 93.1 Å². The van der Waals surface area contributed by atoms with Gasteiger partial charge >= 0.3 is 12.0 Å². The lowest BCUT2D eigenvalue weighted by Gasteiger charge is -2.34. The Hall–Kier alpha value is -1.34. The summed E-state index contributed by atoms with van der Waals surface area (Å²) < 4.78 is 0. The van der Waals surface area contributed by atoms with E-state index in [1.807, 2.05) is 0 Å². The summed E-state index contributed by atoms with van der Waals surface area (Å²) in [5.74, 6) is -1.16. The van der Waals surface area contributed by atoms with E-state index in [0.717, 1.165) is 13.1 Å². The number of carboxylic acids is 1. The molecule has 1 atom stereocenters. The van der Waals surface area contributed by atoms with Crippen LogP contribution in [0.2, 0.25) is 0 Å². The number of carboxylic acid groups (broad SMARTS) is 1. The van der Waals surface area contributed by atoms with Crippen LogP contribution in [0.5, 0.6) is 0 Å². The minimum absolute atomic E-state index is 0.0865. The molecule has 0 aromatic carbocycles. The molecular formula is C13H25N3O4. The number of hydrogen-bond donors (Lipinski definition) is 3. The number of aliphatic carboxylic acids is 1. The van der Waals surface area contributed by atoms with E-state index in [1.54, 1.807) is 11.8 Å². The molecule has 1 heterocycles. The van der Waals surface area contributed by atoms with Gasteiger partial charge in [0.2, 0.25) is 0 Å². The Kier molecular flexibility index (Phi) is 7.32. The van der Waals surface area contributed by atoms with E-state index in [0.29, 0.717) is 39.0 Å². The van der Waals surface area contributed by atoms with Crippen LogP contribution in [-0.2, 0) is 4.79 Å². The third-order valence-corrected chi connectivity index (χ3v) is 3.59. The molecule has 0 aromatic rings. The SMILES string of the molecule is CC(CCCNC(=O)N1CCN(CCO)CC1)C(=O)O. The molecule has 116 valence electrons. The molecular weight excluding hydrogens is 262 g/mol. The number of rotatable bonds is 7. The van der Waals surface area contributed by atoms with E-state index in [2.05, 4.69) is 10.2 Å². The lowest BCUT2D eigenvalue weighted by molar-refractivity contribution is -0.141. The monoisotopic (exact) mass is 287 g/mol. The smallest absolute Gasteiger partial charge is 0.317 e. The number of aliphatic hydroxyl groups excluding tert-OH is 1. The molecule has 7 heteroatoms. The van der Waals surface area contributed by atoms with Gasteiger partial charge in [0.15, 0.2) is 0 Å². The van der Waals surface area contributed by atoms with Crippen LogP contribution in [0.25, 0.3) is 0 Å². The molecule has 2 amide bonds. The van der Waals surface area contributed by atoms with Gasteiger partial charge in [0.25, 0.3) is 0 Å². The molecule has 3 N–H and O–H groups in total. The molecule has 0 aliphatic carbocycles. The predicted octanol–water partition coefficient (Wildman–Crippen LogP) is -0.193. The van der Waals surface area contributed by atoms with Gasteiger partial charge in [-0.1, -0.05) is 6.92 Å². The molecule has 1 fully saturated rings. The van der Waals surface area contributed by atoms with Crippen molar-refractivity contribution in [3.05, 3.63) is 0 Å².